The smallest absolute Gasteiger partial charge is 0.108 e. The molecule has 1 aromatic rings. The Balaban J connectivity index is 2.67. The maximum atomic E-state index is 9.66. The van der Waals surface area contributed by atoms with Crippen molar-refractivity contribution in [3.63, 3.8) is 0 Å². The highest BCUT2D eigenvalue weighted by Gasteiger charge is 2.20. The number of nitrogens with zero attached hydrogens (tertiary/aromatic N) is 1. The average molecular weight is 249 g/mol. The van der Waals surface area contributed by atoms with Crippen LogP contribution < -0.4 is 0 Å². The molecule has 2 atom stereocenters. The van der Waals surface area contributed by atoms with E-state index in [9.17, 15) is 10.2 Å². The second-order valence-electron chi connectivity index (χ2n) is 2.94. The van der Waals surface area contributed by atoms with E-state index < -0.39 is 12.2 Å². The van der Waals surface area contributed by atoms with Crippen LogP contribution >= 0.6 is 15.9 Å². The van der Waals surface area contributed by atoms with E-state index in [2.05, 4.69) is 26.1 Å². The molecular formula is C8H13BrN2O2. The summed E-state index contributed by atoms with van der Waals surface area (Å²) in [7, 11) is 0. The number of alkyl halides is 1. The first-order valence-electron chi connectivity index (χ1n) is 4.08. The van der Waals surface area contributed by atoms with Crippen molar-refractivity contribution in [1.82, 2.24) is 10.2 Å². The van der Waals surface area contributed by atoms with E-state index >= 15 is 0 Å². The SMILES string of the molecule is Cc1[nH]ncc1C(O)C(O)CCBr. The summed E-state index contributed by atoms with van der Waals surface area (Å²) in [5.74, 6) is 0. The van der Waals surface area contributed by atoms with Gasteiger partial charge >= 0.3 is 0 Å². The zero-order chi connectivity index (χ0) is 9.84. The number of halogens is 1. The summed E-state index contributed by atoms with van der Waals surface area (Å²) in [6.07, 6.45) is 0.468. The number of aromatic amines is 1. The van der Waals surface area contributed by atoms with Crippen LogP contribution in [0.2, 0.25) is 0 Å². The first kappa shape index (κ1) is 10.7. The molecule has 0 aliphatic carbocycles. The van der Waals surface area contributed by atoms with Crippen molar-refractivity contribution in [2.75, 3.05) is 5.33 Å². The minimum Gasteiger partial charge on any atom is -0.390 e. The van der Waals surface area contributed by atoms with Crippen molar-refractivity contribution in [1.29, 1.82) is 0 Å². The first-order valence-corrected chi connectivity index (χ1v) is 5.21. The zero-order valence-electron chi connectivity index (χ0n) is 7.37. The lowest BCUT2D eigenvalue weighted by Crippen LogP contribution is -2.18. The standard InChI is InChI=1S/C8H13BrN2O2/c1-5-6(4-10-11-5)8(13)7(12)2-3-9/h4,7-8,12-13H,2-3H2,1H3,(H,10,11). The third-order valence-corrected chi connectivity index (χ3v) is 2.41. The fraction of sp³-hybridized carbons (Fsp3) is 0.625. The Kier molecular flexibility index (Phi) is 3.90. The van der Waals surface area contributed by atoms with Gasteiger partial charge in [-0.1, -0.05) is 15.9 Å². The quantitative estimate of drug-likeness (QED) is 0.694. The zero-order valence-corrected chi connectivity index (χ0v) is 8.95. The molecule has 74 valence electrons. The molecule has 0 radical (unpaired) electrons. The molecule has 0 saturated heterocycles. The number of rotatable bonds is 4. The predicted molar refractivity (Wildman–Crippen MR) is 52.7 cm³/mol. The monoisotopic (exact) mass is 248 g/mol. The number of H-pyrrole nitrogens is 1. The van der Waals surface area contributed by atoms with Crippen LogP contribution in [0.25, 0.3) is 0 Å². The van der Waals surface area contributed by atoms with Gasteiger partial charge in [-0.3, -0.25) is 5.10 Å². The van der Waals surface area contributed by atoms with Gasteiger partial charge in [0.05, 0.1) is 12.3 Å². The number of aliphatic hydroxyl groups is 2. The summed E-state index contributed by atoms with van der Waals surface area (Å²) in [4.78, 5) is 0. The molecule has 0 saturated carbocycles. The Bertz CT molecular complexity index is 264. The largest absolute Gasteiger partial charge is 0.390 e. The van der Waals surface area contributed by atoms with Gasteiger partial charge in [0.2, 0.25) is 0 Å². The van der Waals surface area contributed by atoms with E-state index in [1.807, 2.05) is 6.92 Å². The van der Waals surface area contributed by atoms with E-state index in [1.165, 1.54) is 6.20 Å². The molecule has 0 amide bonds. The van der Waals surface area contributed by atoms with Crippen LogP contribution in [0.5, 0.6) is 0 Å². The van der Waals surface area contributed by atoms with Crippen LogP contribution in [0, 0.1) is 6.92 Å². The Morgan fingerprint density at radius 3 is 2.77 bits per heavy atom. The molecule has 0 aliphatic heterocycles. The number of hydrogen-bond donors (Lipinski definition) is 3. The molecule has 0 aromatic carbocycles. The topological polar surface area (TPSA) is 69.1 Å². The molecule has 0 spiro atoms. The first-order chi connectivity index (χ1) is 6.16. The third-order valence-electron chi connectivity index (χ3n) is 1.96. The van der Waals surface area contributed by atoms with E-state index in [1.54, 1.807) is 0 Å². The average Bonchev–Trinajstić information content (AvgIpc) is 2.50. The van der Waals surface area contributed by atoms with Crippen LogP contribution in [0.15, 0.2) is 6.20 Å². The fourth-order valence-corrected chi connectivity index (χ4v) is 1.60. The predicted octanol–water partition coefficient (Wildman–Crippen LogP) is 0.897. The van der Waals surface area contributed by atoms with Crippen LogP contribution in [0.3, 0.4) is 0 Å². The van der Waals surface area contributed by atoms with Gasteiger partial charge in [-0.25, -0.2) is 0 Å². The van der Waals surface area contributed by atoms with Crippen molar-refractivity contribution in [3.8, 4) is 0 Å². The van der Waals surface area contributed by atoms with Crippen molar-refractivity contribution < 1.29 is 10.2 Å². The molecule has 5 heteroatoms. The molecule has 0 aliphatic rings. The Morgan fingerprint density at radius 2 is 2.31 bits per heavy atom. The van der Waals surface area contributed by atoms with Crippen LogP contribution in [0.1, 0.15) is 23.8 Å². The van der Waals surface area contributed by atoms with E-state index in [-0.39, 0.29) is 0 Å². The van der Waals surface area contributed by atoms with E-state index in [0.29, 0.717) is 17.3 Å². The lowest BCUT2D eigenvalue weighted by atomic mass is 10.0. The highest BCUT2D eigenvalue weighted by molar-refractivity contribution is 9.09. The maximum Gasteiger partial charge on any atom is 0.108 e. The molecule has 4 nitrogen and oxygen atoms in total. The van der Waals surface area contributed by atoms with Crippen LogP contribution in [0.4, 0.5) is 0 Å². The van der Waals surface area contributed by atoms with Gasteiger partial charge in [-0.2, -0.15) is 5.10 Å². The number of aromatic nitrogens is 2. The number of aliphatic hydroxyl groups excluding tert-OH is 2. The van der Waals surface area contributed by atoms with Crippen molar-refractivity contribution in [3.05, 3.63) is 17.5 Å². The number of hydrogen-bond acceptors (Lipinski definition) is 3. The molecule has 0 fully saturated rings. The number of aryl methyl sites for hydroxylation is 1. The molecule has 3 N–H and O–H groups in total. The lowest BCUT2D eigenvalue weighted by Gasteiger charge is -2.15. The van der Waals surface area contributed by atoms with Crippen molar-refractivity contribution in [2.45, 2.75) is 25.6 Å². The highest BCUT2D eigenvalue weighted by atomic mass is 79.9. The van der Waals surface area contributed by atoms with Gasteiger partial charge in [-0.15, -0.1) is 0 Å². The summed E-state index contributed by atoms with van der Waals surface area (Å²) in [5.41, 5.74) is 1.45. The van der Waals surface area contributed by atoms with Crippen molar-refractivity contribution in [2.24, 2.45) is 0 Å². The lowest BCUT2D eigenvalue weighted by molar-refractivity contribution is 0.0170. The Hall–Kier alpha value is -0.390. The van der Waals surface area contributed by atoms with Gasteiger partial charge in [-0.05, 0) is 13.3 Å². The minimum absolute atomic E-state index is 0.520. The van der Waals surface area contributed by atoms with E-state index in [4.69, 9.17) is 0 Å². The molecule has 1 rings (SSSR count). The Labute approximate surface area is 85.1 Å². The van der Waals surface area contributed by atoms with Gasteiger partial charge in [0.25, 0.3) is 0 Å². The van der Waals surface area contributed by atoms with Gasteiger partial charge < -0.3 is 10.2 Å². The summed E-state index contributed by atoms with van der Waals surface area (Å²) in [6.45, 7) is 1.81. The second kappa shape index (κ2) is 4.74. The highest BCUT2D eigenvalue weighted by Crippen LogP contribution is 2.20. The van der Waals surface area contributed by atoms with Gasteiger partial charge in [0.1, 0.15) is 6.10 Å². The minimum atomic E-state index is -0.851. The van der Waals surface area contributed by atoms with Gasteiger partial charge in [0.15, 0.2) is 0 Å². The van der Waals surface area contributed by atoms with Crippen molar-refractivity contribution >= 4 is 15.9 Å². The molecule has 1 aromatic heterocycles. The summed E-state index contributed by atoms with van der Waals surface area (Å²) in [6, 6.07) is 0. The third kappa shape index (κ3) is 2.52. The molecular weight excluding hydrogens is 236 g/mol. The molecule has 13 heavy (non-hydrogen) atoms. The molecule has 0 bridgehead atoms. The summed E-state index contributed by atoms with van der Waals surface area (Å²) < 4.78 is 0. The van der Waals surface area contributed by atoms with E-state index in [0.717, 1.165) is 5.69 Å². The maximum absolute atomic E-state index is 9.66. The number of nitrogens with one attached hydrogen (secondary N) is 1. The summed E-state index contributed by atoms with van der Waals surface area (Å²) in [5, 5.41) is 26.3. The Morgan fingerprint density at radius 1 is 1.62 bits per heavy atom. The molecule has 2 unspecified atom stereocenters. The van der Waals surface area contributed by atoms with Crippen LogP contribution in [-0.2, 0) is 0 Å². The second-order valence-corrected chi connectivity index (χ2v) is 3.73. The van der Waals surface area contributed by atoms with Crippen LogP contribution in [-0.4, -0.2) is 31.8 Å². The normalized spacial score (nSPS) is 15.7. The van der Waals surface area contributed by atoms with Gasteiger partial charge in [0, 0.05) is 16.6 Å². The fourth-order valence-electron chi connectivity index (χ4n) is 1.14. The summed E-state index contributed by atoms with van der Waals surface area (Å²) >= 11 is 3.21. The molecule has 1 heterocycles.